The zero-order valence-corrected chi connectivity index (χ0v) is 16.4. The van der Waals surface area contributed by atoms with Crippen molar-refractivity contribution >= 4 is 22.7 Å². The fourth-order valence-corrected chi connectivity index (χ4v) is 3.66. The lowest BCUT2D eigenvalue weighted by Crippen LogP contribution is -2.25. The minimum Gasteiger partial charge on any atom is -0.383 e. The van der Waals surface area contributed by atoms with Gasteiger partial charge in [0.25, 0.3) is 5.56 Å². The maximum atomic E-state index is 13.1. The zero-order chi connectivity index (χ0) is 20.2. The molecule has 2 heterocycles. The van der Waals surface area contributed by atoms with E-state index in [4.69, 9.17) is 9.26 Å². The van der Waals surface area contributed by atoms with Crippen LogP contribution < -0.4 is 5.56 Å². The van der Waals surface area contributed by atoms with Gasteiger partial charge in [-0.05, 0) is 36.4 Å². The number of methoxy groups -OCH3 is 1. The summed E-state index contributed by atoms with van der Waals surface area (Å²) in [6.45, 7) is 0.781. The number of para-hydroxylation sites is 1. The van der Waals surface area contributed by atoms with Crippen molar-refractivity contribution < 1.29 is 13.7 Å². The Hall–Kier alpha value is -3.04. The van der Waals surface area contributed by atoms with Gasteiger partial charge in [-0.1, -0.05) is 29.1 Å². The summed E-state index contributed by atoms with van der Waals surface area (Å²) in [6, 6.07) is 13.1. The van der Waals surface area contributed by atoms with Crippen molar-refractivity contribution in [3.63, 3.8) is 0 Å². The lowest BCUT2D eigenvalue weighted by atomic mass is 10.2. The number of aromatic nitrogens is 4. The summed E-state index contributed by atoms with van der Waals surface area (Å²) >= 11 is 1.33. The summed E-state index contributed by atoms with van der Waals surface area (Å²) in [5.74, 6) is 0.773. The Morgan fingerprint density at radius 2 is 1.93 bits per heavy atom. The first-order valence-electron chi connectivity index (χ1n) is 8.85. The molecule has 0 aliphatic heterocycles. The Labute approximate surface area is 169 Å². The zero-order valence-electron chi connectivity index (χ0n) is 15.5. The monoisotopic (exact) mass is 412 g/mol. The first-order chi connectivity index (χ1) is 14.2. The average Bonchev–Trinajstić information content (AvgIpc) is 3.21. The van der Waals surface area contributed by atoms with Gasteiger partial charge in [0.05, 0.1) is 29.8 Å². The molecule has 0 saturated carbocycles. The smallest absolute Gasteiger partial charge is 0.262 e. The van der Waals surface area contributed by atoms with Crippen LogP contribution in [0.3, 0.4) is 0 Å². The van der Waals surface area contributed by atoms with Gasteiger partial charge in [-0.15, -0.1) is 0 Å². The molecule has 2 aromatic carbocycles. The number of thioether (sulfide) groups is 1. The molecule has 0 aliphatic rings. The van der Waals surface area contributed by atoms with Crippen LogP contribution in [-0.2, 0) is 17.0 Å². The van der Waals surface area contributed by atoms with Gasteiger partial charge in [0, 0.05) is 12.7 Å². The number of hydrogen-bond acceptors (Lipinski definition) is 7. The fourth-order valence-electron chi connectivity index (χ4n) is 2.79. The molecule has 4 aromatic rings. The lowest BCUT2D eigenvalue weighted by Gasteiger charge is -2.11. The molecule has 0 fully saturated rings. The normalized spacial score (nSPS) is 11.2. The van der Waals surface area contributed by atoms with Gasteiger partial charge in [-0.2, -0.15) is 4.98 Å². The van der Waals surface area contributed by atoms with Crippen molar-refractivity contribution in [3.8, 4) is 11.4 Å². The minimum absolute atomic E-state index is 0.118. The van der Waals surface area contributed by atoms with E-state index in [0.29, 0.717) is 52.2 Å². The molecule has 4 rings (SSSR count). The number of nitrogens with zero attached hydrogens (tertiary/aromatic N) is 4. The highest BCUT2D eigenvalue weighted by atomic mass is 32.2. The van der Waals surface area contributed by atoms with Crippen LogP contribution >= 0.6 is 11.8 Å². The molecule has 0 amide bonds. The highest BCUT2D eigenvalue weighted by molar-refractivity contribution is 7.98. The third kappa shape index (κ3) is 4.20. The van der Waals surface area contributed by atoms with Crippen molar-refractivity contribution in [3.05, 3.63) is 70.6 Å². The maximum absolute atomic E-state index is 13.1. The highest BCUT2D eigenvalue weighted by Gasteiger charge is 2.14. The lowest BCUT2D eigenvalue weighted by molar-refractivity contribution is 0.183. The fraction of sp³-hybridized carbons (Fsp3) is 0.200. The van der Waals surface area contributed by atoms with E-state index in [1.165, 1.54) is 23.9 Å². The number of fused-ring (bicyclic) bond motifs is 1. The van der Waals surface area contributed by atoms with Crippen LogP contribution in [0, 0.1) is 5.82 Å². The molecule has 0 spiro atoms. The van der Waals surface area contributed by atoms with E-state index in [2.05, 4.69) is 15.1 Å². The second-order valence-electron chi connectivity index (χ2n) is 6.17. The van der Waals surface area contributed by atoms with Gasteiger partial charge in [0.1, 0.15) is 5.82 Å². The van der Waals surface area contributed by atoms with E-state index in [1.54, 1.807) is 35.9 Å². The van der Waals surface area contributed by atoms with E-state index >= 15 is 0 Å². The van der Waals surface area contributed by atoms with Crippen LogP contribution in [0.4, 0.5) is 4.39 Å². The van der Waals surface area contributed by atoms with E-state index < -0.39 is 0 Å². The van der Waals surface area contributed by atoms with Crippen LogP contribution in [0.15, 0.2) is 63.0 Å². The van der Waals surface area contributed by atoms with Crippen molar-refractivity contribution in [1.29, 1.82) is 0 Å². The molecule has 148 valence electrons. The quantitative estimate of drug-likeness (QED) is 0.339. The predicted molar refractivity (Wildman–Crippen MR) is 107 cm³/mol. The first kappa shape index (κ1) is 19.3. The molecule has 29 heavy (non-hydrogen) atoms. The molecular weight excluding hydrogens is 395 g/mol. The van der Waals surface area contributed by atoms with Crippen molar-refractivity contribution in [2.24, 2.45) is 0 Å². The number of rotatable bonds is 7. The molecule has 0 atom stereocenters. The van der Waals surface area contributed by atoms with Gasteiger partial charge < -0.3 is 9.26 Å². The third-order valence-electron chi connectivity index (χ3n) is 4.24. The molecule has 0 saturated heterocycles. The Balaban J connectivity index is 1.59. The molecule has 0 N–H and O–H groups in total. The van der Waals surface area contributed by atoms with Crippen molar-refractivity contribution in [1.82, 2.24) is 19.7 Å². The summed E-state index contributed by atoms with van der Waals surface area (Å²) < 4.78 is 25.1. The second-order valence-corrected chi connectivity index (χ2v) is 7.11. The predicted octanol–water partition coefficient (Wildman–Crippen LogP) is 3.52. The summed E-state index contributed by atoms with van der Waals surface area (Å²) in [7, 11) is 1.59. The molecule has 7 nitrogen and oxygen atoms in total. The van der Waals surface area contributed by atoms with E-state index in [-0.39, 0.29) is 11.4 Å². The number of hydrogen-bond donors (Lipinski definition) is 0. The Morgan fingerprint density at radius 1 is 1.14 bits per heavy atom. The Kier molecular flexibility index (Phi) is 5.68. The average molecular weight is 412 g/mol. The summed E-state index contributed by atoms with van der Waals surface area (Å²) in [4.78, 5) is 21.8. The largest absolute Gasteiger partial charge is 0.383 e. The van der Waals surface area contributed by atoms with Gasteiger partial charge in [-0.25, -0.2) is 9.37 Å². The van der Waals surface area contributed by atoms with Gasteiger partial charge in [0.2, 0.25) is 11.7 Å². The summed E-state index contributed by atoms with van der Waals surface area (Å²) in [6.07, 6.45) is 0. The molecule has 0 bridgehead atoms. The van der Waals surface area contributed by atoms with E-state index in [9.17, 15) is 9.18 Å². The van der Waals surface area contributed by atoms with E-state index in [0.717, 1.165) is 0 Å². The minimum atomic E-state index is -0.329. The van der Waals surface area contributed by atoms with Gasteiger partial charge in [-0.3, -0.25) is 9.36 Å². The van der Waals surface area contributed by atoms with Gasteiger partial charge in [0.15, 0.2) is 5.16 Å². The number of halogens is 1. The van der Waals surface area contributed by atoms with Crippen LogP contribution in [0.1, 0.15) is 5.89 Å². The molecule has 0 radical (unpaired) electrons. The molecule has 0 unspecified atom stereocenters. The van der Waals surface area contributed by atoms with Crippen molar-refractivity contribution in [2.75, 3.05) is 13.7 Å². The van der Waals surface area contributed by atoms with Crippen LogP contribution in [-0.4, -0.2) is 33.4 Å². The molecule has 9 heteroatoms. The second kappa shape index (κ2) is 8.54. The third-order valence-corrected chi connectivity index (χ3v) is 5.20. The van der Waals surface area contributed by atoms with E-state index in [1.807, 2.05) is 12.1 Å². The van der Waals surface area contributed by atoms with Crippen LogP contribution in [0.5, 0.6) is 0 Å². The molecular formula is C20H17FN4O3S. The molecule has 0 aliphatic carbocycles. The standard InChI is InChI=1S/C20H17FN4O3S/c1-27-11-10-25-19(26)15-4-2-3-5-16(15)22-20(25)29-12-17-23-18(24-28-17)13-6-8-14(21)9-7-13/h2-9H,10-12H2,1H3. The molecule has 2 aromatic heterocycles. The van der Waals surface area contributed by atoms with Crippen molar-refractivity contribution in [2.45, 2.75) is 17.5 Å². The SMILES string of the molecule is COCCn1c(SCc2nc(-c3ccc(F)cc3)no2)nc2ccccc2c1=O. The topological polar surface area (TPSA) is 83.0 Å². The highest BCUT2D eigenvalue weighted by Crippen LogP contribution is 2.23. The Bertz CT molecular complexity index is 1190. The summed E-state index contributed by atoms with van der Waals surface area (Å²) in [5, 5.41) is 5.05. The van der Waals surface area contributed by atoms with Gasteiger partial charge >= 0.3 is 0 Å². The maximum Gasteiger partial charge on any atom is 0.262 e. The first-order valence-corrected chi connectivity index (χ1v) is 9.84. The Morgan fingerprint density at radius 3 is 2.72 bits per heavy atom. The van der Waals surface area contributed by atoms with Crippen LogP contribution in [0.25, 0.3) is 22.3 Å². The number of benzene rings is 2. The van der Waals surface area contributed by atoms with Crippen LogP contribution in [0.2, 0.25) is 0 Å². The summed E-state index contributed by atoms with van der Waals surface area (Å²) in [5.41, 5.74) is 1.17. The number of ether oxygens (including phenoxy) is 1.